The van der Waals surface area contributed by atoms with Gasteiger partial charge in [-0.05, 0) is 30.3 Å². The summed E-state index contributed by atoms with van der Waals surface area (Å²) in [4.78, 5) is 40.6. The fourth-order valence-corrected chi connectivity index (χ4v) is 2.53. The first kappa shape index (κ1) is 18.2. The van der Waals surface area contributed by atoms with Crippen LogP contribution in [-0.2, 0) is 16.1 Å². The first-order valence-electron chi connectivity index (χ1n) is 7.96. The predicted octanol–water partition coefficient (Wildman–Crippen LogP) is 1.97. The van der Waals surface area contributed by atoms with Crippen molar-refractivity contribution in [3.8, 4) is 5.75 Å². The number of hydrogen-bond donors (Lipinski definition) is 0. The number of nitrogens with zero attached hydrogens (tertiary/aromatic N) is 2. The van der Waals surface area contributed by atoms with E-state index in [0.717, 1.165) is 16.7 Å². The summed E-state index contributed by atoms with van der Waals surface area (Å²) in [6, 6.07) is 10.2. The smallest absolute Gasteiger partial charge is 0.326 e. The van der Waals surface area contributed by atoms with Gasteiger partial charge in [-0.1, -0.05) is 12.1 Å². The Balaban J connectivity index is 1.68. The molecule has 1 heterocycles. The number of aromatic nitrogens is 2. The zero-order chi connectivity index (χ0) is 19.4. The van der Waals surface area contributed by atoms with Crippen LogP contribution >= 0.6 is 0 Å². The number of Topliss-reactive ketones (excluding diaryl/α,β-unsaturated/α-hetero) is 1. The van der Waals surface area contributed by atoms with Gasteiger partial charge < -0.3 is 9.47 Å². The van der Waals surface area contributed by atoms with Crippen LogP contribution in [0.2, 0.25) is 0 Å². The van der Waals surface area contributed by atoms with Crippen LogP contribution in [0.1, 0.15) is 10.4 Å². The maximum atomic E-state index is 13.3. The number of methoxy groups -OCH3 is 1. The van der Waals surface area contributed by atoms with E-state index in [1.54, 1.807) is 24.3 Å². The molecule has 0 atom stereocenters. The molecule has 0 N–H and O–H groups in total. The third-order valence-corrected chi connectivity index (χ3v) is 3.86. The summed E-state index contributed by atoms with van der Waals surface area (Å²) in [6.07, 6.45) is 1.24. The van der Waals surface area contributed by atoms with Crippen LogP contribution in [0, 0.1) is 5.82 Å². The summed E-state index contributed by atoms with van der Waals surface area (Å²) in [6.45, 7) is -1.00. The van der Waals surface area contributed by atoms with Gasteiger partial charge in [-0.25, -0.2) is 9.37 Å². The number of fused-ring (bicyclic) bond motifs is 1. The molecule has 0 saturated carbocycles. The third-order valence-electron chi connectivity index (χ3n) is 3.86. The summed E-state index contributed by atoms with van der Waals surface area (Å²) >= 11 is 0. The minimum absolute atomic E-state index is 0.0326. The van der Waals surface area contributed by atoms with Crippen LogP contribution in [0.25, 0.3) is 10.9 Å². The largest absolute Gasteiger partial charge is 0.496 e. The number of ether oxygens (including phenoxy) is 2. The lowest BCUT2D eigenvalue weighted by molar-refractivity contribution is -0.143. The molecular formula is C19H15FN2O5. The van der Waals surface area contributed by atoms with Gasteiger partial charge in [0, 0.05) is 0 Å². The van der Waals surface area contributed by atoms with E-state index < -0.39 is 36.3 Å². The standard InChI is InChI=1S/C19H15FN2O5/c1-26-17-7-6-12(20)8-14(17)16(23)10-27-18(24)9-22-11-21-15-5-3-2-4-13(15)19(22)25/h2-8,11H,9-10H2,1H3. The van der Waals surface area contributed by atoms with Gasteiger partial charge in [-0.2, -0.15) is 0 Å². The minimum Gasteiger partial charge on any atom is -0.496 e. The molecule has 0 aliphatic heterocycles. The van der Waals surface area contributed by atoms with Gasteiger partial charge in [0.1, 0.15) is 18.1 Å². The summed E-state index contributed by atoms with van der Waals surface area (Å²) in [5, 5.41) is 0.369. The van der Waals surface area contributed by atoms with Crippen LogP contribution in [0.4, 0.5) is 4.39 Å². The molecule has 2 aromatic carbocycles. The quantitative estimate of drug-likeness (QED) is 0.487. The minimum atomic E-state index is -0.794. The molecule has 0 saturated heterocycles. The second-order valence-corrected chi connectivity index (χ2v) is 5.62. The van der Waals surface area contributed by atoms with Crippen molar-refractivity contribution in [3.63, 3.8) is 0 Å². The van der Waals surface area contributed by atoms with Crippen LogP contribution in [0.3, 0.4) is 0 Å². The molecular weight excluding hydrogens is 355 g/mol. The molecule has 3 aromatic rings. The number of esters is 1. The number of hydrogen-bond acceptors (Lipinski definition) is 6. The number of para-hydroxylation sites is 1. The van der Waals surface area contributed by atoms with E-state index in [-0.39, 0.29) is 11.3 Å². The molecule has 1 aromatic heterocycles. The summed E-state index contributed by atoms with van der Waals surface area (Å²) in [7, 11) is 1.34. The van der Waals surface area contributed by atoms with E-state index in [0.29, 0.717) is 10.9 Å². The number of rotatable bonds is 6. The van der Waals surface area contributed by atoms with Gasteiger partial charge in [0.2, 0.25) is 5.78 Å². The Bertz CT molecular complexity index is 1080. The molecule has 0 fully saturated rings. The van der Waals surface area contributed by atoms with Crippen molar-refractivity contribution >= 4 is 22.7 Å². The highest BCUT2D eigenvalue weighted by Gasteiger charge is 2.16. The topological polar surface area (TPSA) is 87.5 Å². The summed E-state index contributed by atoms with van der Waals surface area (Å²) in [5.41, 5.74) is 0.0889. The van der Waals surface area contributed by atoms with Gasteiger partial charge in [0.25, 0.3) is 5.56 Å². The van der Waals surface area contributed by atoms with E-state index >= 15 is 0 Å². The van der Waals surface area contributed by atoms with Crippen LogP contribution in [-0.4, -0.2) is 35.0 Å². The zero-order valence-electron chi connectivity index (χ0n) is 14.3. The first-order chi connectivity index (χ1) is 13.0. The number of ketones is 1. The second-order valence-electron chi connectivity index (χ2n) is 5.62. The van der Waals surface area contributed by atoms with Crippen LogP contribution < -0.4 is 10.3 Å². The van der Waals surface area contributed by atoms with E-state index in [1.165, 1.54) is 19.5 Å². The van der Waals surface area contributed by atoms with E-state index in [9.17, 15) is 18.8 Å². The van der Waals surface area contributed by atoms with E-state index in [4.69, 9.17) is 9.47 Å². The summed E-state index contributed by atoms with van der Waals surface area (Å²) in [5.74, 6) is -1.85. The highest BCUT2D eigenvalue weighted by molar-refractivity contribution is 6.00. The van der Waals surface area contributed by atoms with Gasteiger partial charge in [-0.3, -0.25) is 19.0 Å². The third kappa shape index (κ3) is 4.00. The van der Waals surface area contributed by atoms with E-state index in [1.807, 2.05) is 0 Å². The first-order valence-corrected chi connectivity index (χ1v) is 7.96. The highest BCUT2D eigenvalue weighted by atomic mass is 19.1. The zero-order valence-corrected chi connectivity index (χ0v) is 14.3. The van der Waals surface area contributed by atoms with Crippen molar-refractivity contribution in [2.45, 2.75) is 6.54 Å². The van der Waals surface area contributed by atoms with Crippen molar-refractivity contribution < 1.29 is 23.5 Å². The monoisotopic (exact) mass is 370 g/mol. The number of halogens is 1. The van der Waals surface area contributed by atoms with E-state index in [2.05, 4.69) is 4.98 Å². The average molecular weight is 370 g/mol. The molecule has 8 heteroatoms. The number of benzene rings is 2. The molecule has 0 radical (unpaired) electrons. The molecule has 0 unspecified atom stereocenters. The summed E-state index contributed by atoms with van der Waals surface area (Å²) < 4.78 is 24.4. The van der Waals surface area contributed by atoms with Gasteiger partial charge in [-0.15, -0.1) is 0 Å². The fourth-order valence-electron chi connectivity index (χ4n) is 2.53. The Labute approximate surface area is 153 Å². The Morgan fingerprint density at radius 3 is 2.74 bits per heavy atom. The second kappa shape index (κ2) is 7.77. The molecule has 7 nitrogen and oxygen atoms in total. The van der Waals surface area contributed by atoms with Crippen LogP contribution in [0.15, 0.2) is 53.6 Å². The lowest BCUT2D eigenvalue weighted by Crippen LogP contribution is -2.26. The number of carbonyl (C=O) groups is 2. The molecule has 0 spiro atoms. The predicted molar refractivity (Wildman–Crippen MR) is 94.2 cm³/mol. The highest BCUT2D eigenvalue weighted by Crippen LogP contribution is 2.19. The molecule has 138 valence electrons. The molecule has 0 aliphatic carbocycles. The van der Waals surface area contributed by atoms with Crippen molar-refractivity contribution in [2.75, 3.05) is 13.7 Å². The fraction of sp³-hybridized carbons (Fsp3) is 0.158. The number of carbonyl (C=O) groups excluding carboxylic acids is 2. The Hall–Kier alpha value is -3.55. The van der Waals surface area contributed by atoms with Crippen molar-refractivity contribution in [1.29, 1.82) is 0 Å². The van der Waals surface area contributed by atoms with Gasteiger partial charge >= 0.3 is 5.97 Å². The van der Waals surface area contributed by atoms with Gasteiger partial charge in [0.05, 0.1) is 29.9 Å². The molecule has 0 aliphatic rings. The maximum absolute atomic E-state index is 13.3. The van der Waals surface area contributed by atoms with Crippen molar-refractivity contribution in [1.82, 2.24) is 9.55 Å². The maximum Gasteiger partial charge on any atom is 0.326 e. The van der Waals surface area contributed by atoms with Crippen molar-refractivity contribution in [3.05, 3.63) is 70.5 Å². The molecule has 27 heavy (non-hydrogen) atoms. The Kier molecular flexibility index (Phi) is 5.25. The Morgan fingerprint density at radius 2 is 1.96 bits per heavy atom. The Morgan fingerprint density at radius 1 is 1.19 bits per heavy atom. The molecule has 3 rings (SSSR count). The molecule has 0 bridgehead atoms. The lowest BCUT2D eigenvalue weighted by Gasteiger charge is -2.09. The van der Waals surface area contributed by atoms with Crippen molar-refractivity contribution in [2.24, 2.45) is 0 Å². The molecule has 0 amide bonds. The average Bonchev–Trinajstić information content (AvgIpc) is 2.68. The lowest BCUT2D eigenvalue weighted by atomic mass is 10.1. The normalized spacial score (nSPS) is 10.6. The van der Waals surface area contributed by atoms with Crippen LogP contribution in [0.5, 0.6) is 5.75 Å². The van der Waals surface area contributed by atoms with Gasteiger partial charge in [0.15, 0.2) is 6.61 Å². The SMILES string of the molecule is COc1ccc(F)cc1C(=O)COC(=O)Cn1cnc2ccccc2c1=O.